The minimum absolute atomic E-state index is 1.07. The van der Waals surface area contributed by atoms with Crippen molar-refractivity contribution in [2.24, 2.45) is 0 Å². The molecule has 0 spiro atoms. The highest BCUT2D eigenvalue weighted by atomic mass is 15.2. The number of piperazine rings is 1. The van der Waals surface area contributed by atoms with Crippen LogP contribution in [0.1, 0.15) is 5.56 Å². The fourth-order valence-corrected chi connectivity index (χ4v) is 2.31. The van der Waals surface area contributed by atoms with Gasteiger partial charge in [0.1, 0.15) is 0 Å². The molecule has 16 heavy (non-hydrogen) atoms. The maximum Gasteiger partial charge on any atom is 0.0932 e. The van der Waals surface area contributed by atoms with E-state index in [0.717, 1.165) is 37.2 Å². The minimum atomic E-state index is 1.07. The Kier molecular flexibility index (Phi) is 2.29. The summed E-state index contributed by atoms with van der Waals surface area (Å²) in [6.07, 6.45) is 1.76. The fourth-order valence-electron chi connectivity index (χ4n) is 2.31. The first-order valence-corrected chi connectivity index (χ1v) is 5.74. The van der Waals surface area contributed by atoms with E-state index >= 15 is 0 Å². The molecule has 0 amide bonds. The largest absolute Gasteiger partial charge is 0.369 e. The number of rotatable bonds is 1. The van der Waals surface area contributed by atoms with E-state index in [4.69, 9.17) is 0 Å². The number of hydrogen-bond donors (Lipinski definition) is 2. The third kappa shape index (κ3) is 1.55. The number of fused-ring (bicyclic) bond motifs is 1. The number of nitrogens with zero attached hydrogens (tertiary/aromatic N) is 2. The Labute approximate surface area is 94.7 Å². The summed E-state index contributed by atoms with van der Waals surface area (Å²) < 4.78 is 0. The SMILES string of the molecule is Cc1cc(N2CCNCC2)cc2[nH]cnc12. The molecule has 4 heteroatoms. The summed E-state index contributed by atoms with van der Waals surface area (Å²) in [5.74, 6) is 0. The number of anilines is 1. The second-order valence-corrected chi connectivity index (χ2v) is 4.30. The standard InChI is InChI=1S/C12H16N4/c1-9-6-10(16-4-2-13-3-5-16)7-11-12(9)15-8-14-11/h6-8,13H,2-5H2,1H3,(H,14,15). The summed E-state index contributed by atoms with van der Waals surface area (Å²) in [7, 11) is 0. The normalized spacial score (nSPS) is 16.9. The molecule has 1 aliphatic rings. The van der Waals surface area contributed by atoms with E-state index in [1.807, 2.05) is 0 Å². The molecule has 2 heterocycles. The molecule has 3 rings (SSSR count). The number of benzene rings is 1. The molecule has 0 aliphatic carbocycles. The van der Waals surface area contributed by atoms with Crippen molar-refractivity contribution >= 4 is 16.7 Å². The average molecular weight is 216 g/mol. The van der Waals surface area contributed by atoms with Gasteiger partial charge in [-0.2, -0.15) is 0 Å². The van der Waals surface area contributed by atoms with E-state index in [1.165, 1.54) is 11.3 Å². The first kappa shape index (κ1) is 9.66. The number of nitrogens with one attached hydrogen (secondary N) is 2. The van der Waals surface area contributed by atoms with Crippen molar-refractivity contribution in [3.05, 3.63) is 24.0 Å². The average Bonchev–Trinajstić information content (AvgIpc) is 2.79. The molecule has 0 radical (unpaired) electrons. The lowest BCUT2D eigenvalue weighted by Crippen LogP contribution is -2.43. The fraction of sp³-hybridized carbons (Fsp3) is 0.417. The van der Waals surface area contributed by atoms with Gasteiger partial charge in [-0.1, -0.05) is 0 Å². The van der Waals surface area contributed by atoms with Crippen molar-refractivity contribution in [2.75, 3.05) is 31.1 Å². The van der Waals surface area contributed by atoms with Crippen molar-refractivity contribution in [1.29, 1.82) is 0 Å². The lowest BCUT2D eigenvalue weighted by atomic mass is 10.1. The van der Waals surface area contributed by atoms with Crippen LogP contribution in [0, 0.1) is 6.92 Å². The van der Waals surface area contributed by atoms with Gasteiger partial charge in [0, 0.05) is 31.9 Å². The van der Waals surface area contributed by atoms with Crippen LogP contribution in [0.15, 0.2) is 18.5 Å². The Hall–Kier alpha value is -1.55. The molecule has 84 valence electrons. The van der Waals surface area contributed by atoms with Crippen molar-refractivity contribution in [2.45, 2.75) is 6.92 Å². The zero-order valence-corrected chi connectivity index (χ0v) is 9.45. The van der Waals surface area contributed by atoms with E-state index in [2.05, 4.69) is 39.2 Å². The molecular weight excluding hydrogens is 200 g/mol. The topological polar surface area (TPSA) is 44.0 Å². The van der Waals surface area contributed by atoms with E-state index in [-0.39, 0.29) is 0 Å². The van der Waals surface area contributed by atoms with Crippen LogP contribution < -0.4 is 10.2 Å². The summed E-state index contributed by atoms with van der Waals surface area (Å²) in [4.78, 5) is 9.92. The monoisotopic (exact) mass is 216 g/mol. The zero-order chi connectivity index (χ0) is 11.0. The summed E-state index contributed by atoms with van der Waals surface area (Å²) in [6, 6.07) is 4.43. The van der Waals surface area contributed by atoms with Gasteiger partial charge in [-0.05, 0) is 24.6 Å². The van der Waals surface area contributed by atoms with Gasteiger partial charge in [-0.3, -0.25) is 0 Å². The first-order chi connectivity index (χ1) is 7.84. The molecular formula is C12H16N4. The number of imidazole rings is 1. The Morgan fingerprint density at radius 1 is 1.25 bits per heavy atom. The van der Waals surface area contributed by atoms with Crippen LogP contribution in [-0.2, 0) is 0 Å². The molecule has 1 fully saturated rings. The van der Waals surface area contributed by atoms with E-state index < -0.39 is 0 Å². The van der Waals surface area contributed by atoms with Gasteiger partial charge in [0.05, 0.1) is 17.4 Å². The maximum atomic E-state index is 4.32. The van der Waals surface area contributed by atoms with Crippen LogP contribution in [-0.4, -0.2) is 36.1 Å². The van der Waals surface area contributed by atoms with Crippen LogP contribution in [0.3, 0.4) is 0 Å². The molecule has 1 saturated heterocycles. The van der Waals surface area contributed by atoms with Gasteiger partial charge in [-0.15, -0.1) is 0 Å². The first-order valence-electron chi connectivity index (χ1n) is 5.74. The quantitative estimate of drug-likeness (QED) is 0.754. The van der Waals surface area contributed by atoms with Crippen molar-refractivity contribution < 1.29 is 0 Å². The highest BCUT2D eigenvalue weighted by Crippen LogP contribution is 2.23. The Morgan fingerprint density at radius 2 is 2.06 bits per heavy atom. The van der Waals surface area contributed by atoms with Gasteiger partial charge in [0.2, 0.25) is 0 Å². The predicted molar refractivity (Wildman–Crippen MR) is 65.9 cm³/mol. The van der Waals surface area contributed by atoms with Crippen LogP contribution in [0.2, 0.25) is 0 Å². The molecule has 4 nitrogen and oxygen atoms in total. The Morgan fingerprint density at radius 3 is 2.88 bits per heavy atom. The zero-order valence-electron chi connectivity index (χ0n) is 9.45. The molecule has 0 bridgehead atoms. The highest BCUT2D eigenvalue weighted by Gasteiger charge is 2.12. The summed E-state index contributed by atoms with van der Waals surface area (Å²) in [5, 5.41) is 3.37. The van der Waals surface area contributed by atoms with Crippen LogP contribution in [0.25, 0.3) is 11.0 Å². The minimum Gasteiger partial charge on any atom is -0.369 e. The summed E-state index contributed by atoms with van der Waals surface area (Å²) in [6.45, 7) is 6.42. The third-order valence-corrected chi connectivity index (χ3v) is 3.18. The molecule has 2 N–H and O–H groups in total. The summed E-state index contributed by atoms with van der Waals surface area (Å²) >= 11 is 0. The van der Waals surface area contributed by atoms with E-state index in [0.29, 0.717) is 0 Å². The van der Waals surface area contributed by atoms with Gasteiger partial charge >= 0.3 is 0 Å². The lowest BCUT2D eigenvalue weighted by Gasteiger charge is -2.29. The van der Waals surface area contributed by atoms with Gasteiger partial charge < -0.3 is 15.2 Å². The van der Waals surface area contributed by atoms with Crippen molar-refractivity contribution in [3.63, 3.8) is 0 Å². The smallest absolute Gasteiger partial charge is 0.0932 e. The van der Waals surface area contributed by atoms with Crippen LogP contribution in [0.5, 0.6) is 0 Å². The molecule has 0 unspecified atom stereocenters. The predicted octanol–water partition coefficient (Wildman–Crippen LogP) is 1.28. The van der Waals surface area contributed by atoms with Crippen molar-refractivity contribution in [3.8, 4) is 0 Å². The van der Waals surface area contributed by atoms with Crippen molar-refractivity contribution in [1.82, 2.24) is 15.3 Å². The second-order valence-electron chi connectivity index (χ2n) is 4.30. The van der Waals surface area contributed by atoms with Crippen LogP contribution in [0.4, 0.5) is 5.69 Å². The number of hydrogen-bond acceptors (Lipinski definition) is 3. The molecule has 1 aliphatic heterocycles. The molecule has 0 atom stereocenters. The Balaban J connectivity index is 2.02. The third-order valence-electron chi connectivity index (χ3n) is 3.18. The number of aromatic nitrogens is 2. The van der Waals surface area contributed by atoms with Gasteiger partial charge in [-0.25, -0.2) is 4.98 Å². The highest BCUT2D eigenvalue weighted by molar-refractivity contribution is 5.82. The second kappa shape index (κ2) is 3.79. The molecule has 2 aromatic rings. The summed E-state index contributed by atoms with van der Waals surface area (Å²) in [5.41, 5.74) is 4.76. The number of aromatic amines is 1. The van der Waals surface area contributed by atoms with Gasteiger partial charge in [0.25, 0.3) is 0 Å². The maximum absolute atomic E-state index is 4.32. The van der Waals surface area contributed by atoms with E-state index in [1.54, 1.807) is 6.33 Å². The van der Waals surface area contributed by atoms with E-state index in [9.17, 15) is 0 Å². The molecule has 1 aromatic carbocycles. The van der Waals surface area contributed by atoms with Crippen LogP contribution >= 0.6 is 0 Å². The molecule has 0 saturated carbocycles. The van der Waals surface area contributed by atoms with Gasteiger partial charge in [0.15, 0.2) is 0 Å². The number of aryl methyl sites for hydroxylation is 1. The lowest BCUT2D eigenvalue weighted by molar-refractivity contribution is 0.589. The molecule has 1 aromatic heterocycles. The number of H-pyrrole nitrogens is 1. The Bertz CT molecular complexity index is 497.